The van der Waals surface area contributed by atoms with E-state index in [1.165, 1.54) is 38.5 Å². The van der Waals surface area contributed by atoms with E-state index in [-0.39, 0.29) is 17.3 Å². The van der Waals surface area contributed by atoms with Crippen molar-refractivity contribution in [3.05, 3.63) is 12.2 Å². The maximum absolute atomic E-state index is 10.2. The minimum absolute atomic E-state index is 0.219. The van der Waals surface area contributed by atoms with Crippen LogP contribution in [-0.4, -0.2) is 29.7 Å². The van der Waals surface area contributed by atoms with Gasteiger partial charge in [0.05, 0.1) is 18.8 Å². The molecule has 2 aliphatic heterocycles. The van der Waals surface area contributed by atoms with Crippen molar-refractivity contribution >= 4 is 0 Å². The third-order valence-corrected chi connectivity index (χ3v) is 11.4. The topological polar surface area (TPSA) is 38.7 Å². The van der Waals surface area contributed by atoms with Crippen molar-refractivity contribution in [1.29, 1.82) is 0 Å². The molecular weight excluding hydrogens is 372 g/mol. The van der Waals surface area contributed by atoms with Crippen LogP contribution in [0.1, 0.15) is 79.1 Å². The molecule has 0 aromatic rings. The van der Waals surface area contributed by atoms with Gasteiger partial charge in [0.2, 0.25) is 0 Å². The van der Waals surface area contributed by atoms with Crippen molar-refractivity contribution in [2.24, 2.45) is 52.3 Å². The third kappa shape index (κ3) is 2.55. The lowest BCUT2D eigenvalue weighted by molar-refractivity contribution is -0.272. The van der Waals surface area contributed by atoms with Crippen molar-refractivity contribution in [3.8, 4) is 0 Å². The van der Waals surface area contributed by atoms with E-state index in [1.54, 1.807) is 0 Å². The van der Waals surface area contributed by atoms with Crippen LogP contribution in [0.5, 0.6) is 0 Å². The highest BCUT2D eigenvalue weighted by atomic mass is 16.7. The lowest BCUT2D eigenvalue weighted by atomic mass is 9.45. The molecule has 0 bridgehead atoms. The van der Waals surface area contributed by atoms with Gasteiger partial charge in [-0.3, -0.25) is 0 Å². The summed E-state index contributed by atoms with van der Waals surface area (Å²) in [6.45, 7) is 10.8. The Morgan fingerprint density at radius 3 is 2.57 bits per heavy atom. The molecule has 0 aromatic carbocycles. The van der Waals surface area contributed by atoms with E-state index in [9.17, 15) is 5.11 Å². The van der Waals surface area contributed by atoms with Crippen LogP contribution >= 0.6 is 0 Å². The van der Waals surface area contributed by atoms with Crippen molar-refractivity contribution in [3.63, 3.8) is 0 Å². The van der Waals surface area contributed by atoms with Crippen molar-refractivity contribution < 1.29 is 14.6 Å². The predicted molar refractivity (Wildman–Crippen MR) is 118 cm³/mol. The molecule has 4 aliphatic carbocycles. The summed E-state index contributed by atoms with van der Waals surface area (Å²) in [6, 6.07) is 0. The highest BCUT2D eigenvalue weighted by molar-refractivity contribution is 5.19. The smallest absolute Gasteiger partial charge is 0.171 e. The number of hydrogen-bond donors (Lipinski definition) is 1. The van der Waals surface area contributed by atoms with Crippen molar-refractivity contribution in [1.82, 2.24) is 0 Å². The van der Waals surface area contributed by atoms with Gasteiger partial charge in [-0.1, -0.05) is 39.8 Å². The number of hydrogen-bond acceptors (Lipinski definition) is 3. The number of ether oxygens (including phenoxy) is 2. The molecule has 0 amide bonds. The Hall–Kier alpha value is -0.380. The van der Waals surface area contributed by atoms with Crippen LogP contribution in [0, 0.1) is 52.3 Å². The Bertz CT molecular complexity index is 724. The molecule has 6 rings (SSSR count). The van der Waals surface area contributed by atoms with Gasteiger partial charge in [-0.05, 0) is 91.3 Å². The first-order valence-corrected chi connectivity index (χ1v) is 13.0. The molecule has 2 heterocycles. The minimum Gasteiger partial charge on any atom is -0.389 e. The average Bonchev–Trinajstić information content (AvgIpc) is 3.16. The van der Waals surface area contributed by atoms with Crippen LogP contribution in [0.15, 0.2) is 12.2 Å². The SMILES string of the molecule is CC1CC[C@@]2(OC1)O[C@H]1C[C@H]3[C@@H]4CCC5CC(O)C=C[C@]5(C)[C@H]4CC[C@]3(C)[C@H]1[C@@H]2C. The van der Waals surface area contributed by atoms with Crippen LogP contribution in [-0.2, 0) is 9.47 Å². The fourth-order valence-electron chi connectivity index (χ4n) is 9.81. The van der Waals surface area contributed by atoms with Crippen LogP contribution in [0.25, 0.3) is 0 Å². The lowest BCUT2D eigenvalue weighted by Crippen LogP contribution is -2.54. The first-order chi connectivity index (χ1) is 14.3. The van der Waals surface area contributed by atoms with Crippen molar-refractivity contribution in [2.45, 2.75) is 97.1 Å². The van der Waals surface area contributed by atoms with Crippen LogP contribution < -0.4 is 0 Å². The Labute approximate surface area is 183 Å². The monoisotopic (exact) mass is 414 g/mol. The van der Waals surface area contributed by atoms with E-state index in [4.69, 9.17) is 9.47 Å². The van der Waals surface area contributed by atoms with Gasteiger partial charge in [-0.25, -0.2) is 0 Å². The molecule has 0 radical (unpaired) electrons. The molecular formula is C27H42O3. The largest absolute Gasteiger partial charge is 0.389 e. The van der Waals surface area contributed by atoms with E-state index in [0.717, 1.165) is 37.2 Å². The quantitative estimate of drug-likeness (QED) is 0.527. The predicted octanol–water partition coefficient (Wildman–Crippen LogP) is 5.57. The Morgan fingerprint density at radius 1 is 0.967 bits per heavy atom. The van der Waals surface area contributed by atoms with E-state index in [2.05, 4.69) is 39.8 Å². The summed E-state index contributed by atoms with van der Waals surface area (Å²) in [4.78, 5) is 0. The zero-order chi connectivity index (χ0) is 20.9. The summed E-state index contributed by atoms with van der Waals surface area (Å²) < 4.78 is 13.3. The van der Waals surface area contributed by atoms with Gasteiger partial charge in [0, 0.05) is 12.3 Å². The second-order valence-corrected chi connectivity index (χ2v) is 12.7. The Balaban J connectivity index is 1.28. The second kappa shape index (κ2) is 6.58. The number of fused-ring (bicyclic) bond motifs is 7. The summed E-state index contributed by atoms with van der Waals surface area (Å²) in [5.41, 5.74) is 0.694. The standard InChI is InChI=1S/C27H42O3/c1-16-7-12-27(29-15-16)17(2)24-23(30-27)14-22-20-6-5-18-13-19(28)8-10-25(18,3)21(20)9-11-26(22,24)4/h8,10,16-24,28H,5-7,9,11-15H2,1-4H3/t16?,17-,18?,19?,20+,21-,22-,23-,24-,25-,26-,27+/m0/s1. The molecule has 168 valence electrons. The summed E-state index contributed by atoms with van der Waals surface area (Å²) in [5, 5.41) is 10.2. The first-order valence-electron chi connectivity index (χ1n) is 13.0. The lowest BCUT2D eigenvalue weighted by Gasteiger charge is -2.59. The van der Waals surface area contributed by atoms with Gasteiger partial charge in [-0.2, -0.15) is 0 Å². The van der Waals surface area contributed by atoms with E-state index in [0.29, 0.717) is 35.2 Å². The molecule has 30 heavy (non-hydrogen) atoms. The molecule has 3 nitrogen and oxygen atoms in total. The number of aliphatic hydroxyl groups excluding tert-OH is 1. The fourth-order valence-corrected chi connectivity index (χ4v) is 9.81. The minimum atomic E-state index is -0.293. The van der Waals surface area contributed by atoms with E-state index in [1.807, 2.05) is 0 Å². The molecule has 2 saturated heterocycles. The van der Waals surface area contributed by atoms with Gasteiger partial charge in [0.25, 0.3) is 0 Å². The zero-order valence-corrected chi connectivity index (χ0v) is 19.5. The molecule has 0 aromatic heterocycles. The Morgan fingerprint density at radius 2 is 1.80 bits per heavy atom. The van der Waals surface area contributed by atoms with Gasteiger partial charge >= 0.3 is 0 Å². The fraction of sp³-hybridized carbons (Fsp3) is 0.926. The van der Waals surface area contributed by atoms with E-state index < -0.39 is 0 Å². The average molecular weight is 415 g/mol. The Kier molecular flexibility index (Phi) is 4.44. The van der Waals surface area contributed by atoms with Crippen LogP contribution in [0.4, 0.5) is 0 Å². The maximum atomic E-state index is 10.2. The third-order valence-electron chi connectivity index (χ3n) is 11.4. The van der Waals surface area contributed by atoms with E-state index >= 15 is 0 Å². The molecule has 3 unspecified atom stereocenters. The summed E-state index contributed by atoms with van der Waals surface area (Å²) in [6.07, 6.45) is 14.6. The summed E-state index contributed by atoms with van der Waals surface area (Å²) in [5.74, 6) is 4.63. The number of allylic oxidation sites excluding steroid dienone is 1. The van der Waals surface area contributed by atoms with Crippen molar-refractivity contribution in [2.75, 3.05) is 6.61 Å². The number of rotatable bonds is 0. The van der Waals surface area contributed by atoms with Gasteiger partial charge in [0.1, 0.15) is 0 Å². The second-order valence-electron chi connectivity index (χ2n) is 12.7. The highest BCUT2D eigenvalue weighted by Crippen LogP contribution is 2.70. The molecule has 3 heteroatoms. The number of aliphatic hydroxyl groups is 1. The molecule has 5 fully saturated rings. The zero-order valence-electron chi connectivity index (χ0n) is 19.5. The normalized spacial score (nSPS) is 62.0. The summed E-state index contributed by atoms with van der Waals surface area (Å²) >= 11 is 0. The summed E-state index contributed by atoms with van der Waals surface area (Å²) in [7, 11) is 0. The highest BCUT2D eigenvalue weighted by Gasteiger charge is 2.68. The van der Waals surface area contributed by atoms with Crippen LogP contribution in [0.3, 0.4) is 0 Å². The maximum Gasteiger partial charge on any atom is 0.171 e. The van der Waals surface area contributed by atoms with Gasteiger partial charge in [0.15, 0.2) is 5.79 Å². The van der Waals surface area contributed by atoms with Crippen LogP contribution in [0.2, 0.25) is 0 Å². The molecule has 12 atom stereocenters. The van der Waals surface area contributed by atoms with Gasteiger partial charge < -0.3 is 14.6 Å². The molecule has 1 spiro atoms. The molecule has 1 N–H and O–H groups in total. The molecule has 6 aliphatic rings. The van der Waals surface area contributed by atoms with Gasteiger partial charge in [-0.15, -0.1) is 0 Å². The first kappa shape index (κ1) is 20.2. The molecule has 3 saturated carbocycles.